The fraction of sp³-hybridized carbons (Fsp3) is 0.969. The number of aliphatic imine (C=N–C) groups is 1. The van der Waals surface area contributed by atoms with Crippen LogP contribution in [0.4, 0.5) is 0 Å². The summed E-state index contributed by atoms with van der Waals surface area (Å²) in [6.45, 7) is 16.9. The second-order valence-corrected chi connectivity index (χ2v) is 13.7. The van der Waals surface area contributed by atoms with Gasteiger partial charge < -0.3 is 21.0 Å². The molecule has 4 aliphatic rings. The first-order valence-electron chi connectivity index (χ1n) is 15.5. The number of aliphatic hydroxyl groups is 1. The minimum Gasteiger partial charge on any atom is -0.393 e. The maximum atomic E-state index is 10.3. The number of hydrogen-bond acceptors (Lipinski definition) is 6. The standard InChI is InChI=1S/C27H49N3O.C4H11NO.CH4/c1-5-15-29-16-6-17-30-19(2)22-7-8-23-21-10-14-27(28)18-20(31)9-13-26(27,4)24(21)11-12-25(22,23)3;1-4(2)5-6-3;/h20-24,29,31H,5-18,28H2,1-4H3;4-5H,1-3H3;1H4. The van der Waals surface area contributed by atoms with Crippen molar-refractivity contribution in [2.75, 3.05) is 26.7 Å². The van der Waals surface area contributed by atoms with Crippen molar-refractivity contribution in [2.45, 2.75) is 137 Å². The Bertz CT molecular complexity index is 745. The fourth-order valence-corrected chi connectivity index (χ4v) is 9.11. The van der Waals surface area contributed by atoms with Crippen LogP contribution in [-0.2, 0) is 4.84 Å². The Morgan fingerprint density at radius 1 is 1.05 bits per heavy atom. The highest BCUT2D eigenvalue weighted by Gasteiger charge is 2.63. The maximum absolute atomic E-state index is 10.3. The van der Waals surface area contributed by atoms with Crippen LogP contribution in [0.3, 0.4) is 0 Å². The van der Waals surface area contributed by atoms with Crippen LogP contribution < -0.4 is 16.5 Å². The Labute approximate surface area is 235 Å². The van der Waals surface area contributed by atoms with Gasteiger partial charge in [-0.2, -0.15) is 0 Å². The molecule has 4 rings (SSSR count). The lowest BCUT2D eigenvalue weighted by atomic mass is 9.42. The highest BCUT2D eigenvalue weighted by molar-refractivity contribution is 5.85. The summed E-state index contributed by atoms with van der Waals surface area (Å²) < 4.78 is 0. The Hall–Kier alpha value is -0.530. The predicted octanol–water partition coefficient (Wildman–Crippen LogP) is 6.12. The van der Waals surface area contributed by atoms with Gasteiger partial charge in [0.15, 0.2) is 0 Å². The number of hydroxylamine groups is 1. The summed E-state index contributed by atoms with van der Waals surface area (Å²) in [7, 11) is 1.61. The maximum Gasteiger partial charge on any atom is 0.0572 e. The average molecular weight is 537 g/mol. The van der Waals surface area contributed by atoms with Crippen molar-refractivity contribution >= 4 is 5.71 Å². The van der Waals surface area contributed by atoms with Gasteiger partial charge in [0.05, 0.1) is 13.2 Å². The van der Waals surface area contributed by atoms with Gasteiger partial charge in [0.25, 0.3) is 0 Å². The van der Waals surface area contributed by atoms with Gasteiger partial charge in [-0.05, 0) is 133 Å². The van der Waals surface area contributed by atoms with Gasteiger partial charge in [-0.15, -0.1) is 0 Å². The van der Waals surface area contributed by atoms with Gasteiger partial charge >= 0.3 is 0 Å². The van der Waals surface area contributed by atoms with Crippen LogP contribution in [0.2, 0.25) is 0 Å². The van der Waals surface area contributed by atoms with E-state index in [0.29, 0.717) is 17.4 Å². The van der Waals surface area contributed by atoms with E-state index >= 15 is 0 Å². The molecule has 0 saturated heterocycles. The molecule has 0 bridgehead atoms. The summed E-state index contributed by atoms with van der Waals surface area (Å²) >= 11 is 0. The fourth-order valence-electron chi connectivity index (χ4n) is 9.11. The van der Waals surface area contributed by atoms with Crippen LogP contribution in [0.5, 0.6) is 0 Å². The molecule has 0 heterocycles. The summed E-state index contributed by atoms with van der Waals surface area (Å²) in [5.74, 6) is 3.08. The molecule has 224 valence electrons. The molecule has 8 atom stereocenters. The molecule has 6 heteroatoms. The van der Waals surface area contributed by atoms with Crippen LogP contribution in [0.1, 0.15) is 120 Å². The van der Waals surface area contributed by atoms with Crippen molar-refractivity contribution in [3.63, 3.8) is 0 Å². The number of rotatable bonds is 9. The van der Waals surface area contributed by atoms with E-state index in [9.17, 15) is 5.11 Å². The lowest BCUT2D eigenvalue weighted by Gasteiger charge is -2.64. The molecular formula is C32H64N4O2. The number of hydrogen-bond donors (Lipinski definition) is 4. The third-order valence-electron chi connectivity index (χ3n) is 11.1. The quantitative estimate of drug-likeness (QED) is 0.162. The number of aliphatic hydroxyl groups excluding tert-OH is 1. The lowest BCUT2D eigenvalue weighted by molar-refractivity contribution is -0.135. The van der Waals surface area contributed by atoms with Crippen molar-refractivity contribution in [2.24, 2.45) is 45.2 Å². The molecule has 38 heavy (non-hydrogen) atoms. The van der Waals surface area contributed by atoms with E-state index in [4.69, 9.17) is 10.7 Å². The summed E-state index contributed by atoms with van der Waals surface area (Å²) in [6.07, 6.45) is 12.8. The molecule has 0 spiro atoms. The summed E-state index contributed by atoms with van der Waals surface area (Å²) in [5, 5.41) is 13.8. The minimum absolute atomic E-state index is 0. The first-order chi connectivity index (χ1) is 17.5. The van der Waals surface area contributed by atoms with Crippen molar-refractivity contribution in [3.8, 4) is 0 Å². The van der Waals surface area contributed by atoms with Crippen LogP contribution in [0.25, 0.3) is 0 Å². The number of nitrogens with one attached hydrogen (secondary N) is 2. The van der Waals surface area contributed by atoms with E-state index in [2.05, 4.69) is 43.3 Å². The summed E-state index contributed by atoms with van der Waals surface area (Å²) in [6, 6.07) is 0.426. The zero-order valence-corrected chi connectivity index (χ0v) is 25.2. The monoisotopic (exact) mass is 537 g/mol. The molecular weight excluding hydrogens is 472 g/mol. The summed E-state index contributed by atoms with van der Waals surface area (Å²) in [4.78, 5) is 9.62. The van der Waals surface area contributed by atoms with Gasteiger partial charge in [0.2, 0.25) is 0 Å². The van der Waals surface area contributed by atoms with Gasteiger partial charge in [-0.3, -0.25) is 4.99 Å². The summed E-state index contributed by atoms with van der Waals surface area (Å²) in [5.41, 5.74) is 11.7. The van der Waals surface area contributed by atoms with Crippen LogP contribution in [-0.4, -0.2) is 55.2 Å². The molecule has 0 amide bonds. The highest BCUT2D eigenvalue weighted by atomic mass is 16.6. The molecule has 4 fully saturated rings. The Balaban J connectivity index is 0.000000652. The van der Waals surface area contributed by atoms with E-state index in [0.717, 1.165) is 69.5 Å². The SMILES string of the molecule is C.CCCNCCCN=C(C)C1CCC2C3CCC4(N)CC(O)CCC4(C)C3CCC12C.CONC(C)C. The topological polar surface area (TPSA) is 91.9 Å². The first kappa shape index (κ1) is 33.7. The molecule has 6 nitrogen and oxygen atoms in total. The van der Waals surface area contributed by atoms with Crippen molar-refractivity contribution in [1.29, 1.82) is 0 Å². The van der Waals surface area contributed by atoms with Gasteiger partial charge in [0.1, 0.15) is 0 Å². The molecule has 5 N–H and O–H groups in total. The van der Waals surface area contributed by atoms with Gasteiger partial charge in [0, 0.05) is 29.8 Å². The molecule has 0 aromatic carbocycles. The van der Waals surface area contributed by atoms with E-state index in [1.54, 1.807) is 7.11 Å². The van der Waals surface area contributed by atoms with Gasteiger partial charge in [-0.1, -0.05) is 28.2 Å². The van der Waals surface area contributed by atoms with Gasteiger partial charge in [-0.25, -0.2) is 5.48 Å². The average Bonchev–Trinajstić information content (AvgIpc) is 3.19. The van der Waals surface area contributed by atoms with Crippen molar-refractivity contribution in [1.82, 2.24) is 10.8 Å². The normalized spacial score (nSPS) is 40.4. The van der Waals surface area contributed by atoms with E-state index < -0.39 is 0 Å². The molecule has 0 radical (unpaired) electrons. The third-order valence-corrected chi connectivity index (χ3v) is 11.1. The molecule has 0 aromatic rings. The smallest absolute Gasteiger partial charge is 0.0572 e. The van der Waals surface area contributed by atoms with Crippen molar-refractivity contribution < 1.29 is 9.94 Å². The van der Waals surface area contributed by atoms with E-state index in [1.807, 2.05) is 13.8 Å². The first-order valence-corrected chi connectivity index (χ1v) is 15.5. The second-order valence-electron chi connectivity index (χ2n) is 13.7. The Kier molecular flexibility index (Phi) is 12.8. The molecule has 0 aliphatic heterocycles. The number of fused-ring (bicyclic) bond motifs is 5. The van der Waals surface area contributed by atoms with Crippen LogP contribution in [0.15, 0.2) is 4.99 Å². The lowest BCUT2D eigenvalue weighted by Crippen LogP contribution is -2.67. The van der Waals surface area contributed by atoms with Crippen LogP contribution in [0, 0.1) is 34.5 Å². The molecule has 4 aliphatic carbocycles. The van der Waals surface area contributed by atoms with Crippen LogP contribution >= 0.6 is 0 Å². The minimum atomic E-state index is -0.185. The highest BCUT2D eigenvalue weighted by Crippen LogP contribution is 2.68. The third kappa shape index (κ3) is 7.02. The molecule has 8 unspecified atom stereocenters. The molecule has 0 aromatic heterocycles. The second kappa shape index (κ2) is 14.4. The Morgan fingerprint density at radius 3 is 2.42 bits per heavy atom. The Morgan fingerprint density at radius 2 is 1.79 bits per heavy atom. The zero-order chi connectivity index (χ0) is 27.3. The van der Waals surface area contributed by atoms with E-state index in [1.165, 1.54) is 44.2 Å². The predicted molar refractivity (Wildman–Crippen MR) is 162 cm³/mol. The number of nitrogens with zero attached hydrogens (tertiary/aromatic N) is 1. The molecule has 4 saturated carbocycles. The zero-order valence-electron chi connectivity index (χ0n) is 25.2. The number of nitrogens with two attached hydrogens (primary N) is 1. The largest absolute Gasteiger partial charge is 0.393 e. The van der Waals surface area contributed by atoms with E-state index in [-0.39, 0.29) is 24.5 Å². The van der Waals surface area contributed by atoms with Crippen molar-refractivity contribution in [3.05, 3.63) is 0 Å².